The lowest BCUT2D eigenvalue weighted by atomic mass is 9.92. The van der Waals surface area contributed by atoms with Crippen LogP contribution in [0.2, 0.25) is 10.0 Å². The topological polar surface area (TPSA) is 38.5 Å². The monoisotopic (exact) mass is 316 g/mol. The number of nitrogens with zero attached hydrogens (tertiary/aromatic N) is 1. The minimum atomic E-state index is 0.261. The number of para-hydroxylation sites is 1. The summed E-state index contributed by atoms with van der Waals surface area (Å²) in [5, 5.41) is 1.12. The number of benzene rings is 1. The predicted molar refractivity (Wildman–Crippen MR) is 84.8 cm³/mol. The highest BCUT2D eigenvalue weighted by molar-refractivity contribution is 6.37. The normalized spacial score (nSPS) is 21.7. The fourth-order valence-corrected chi connectivity index (χ4v) is 3.13. The van der Waals surface area contributed by atoms with Gasteiger partial charge in [-0.25, -0.2) is 0 Å². The first-order chi connectivity index (χ1) is 9.58. The van der Waals surface area contributed by atoms with E-state index in [9.17, 15) is 0 Å². The molecule has 2 rings (SSSR count). The molecule has 2 unspecified atom stereocenters. The number of hydrogen-bond donors (Lipinski definition) is 1. The summed E-state index contributed by atoms with van der Waals surface area (Å²) in [6.07, 6.45) is 2.43. The fourth-order valence-electron chi connectivity index (χ4n) is 2.62. The van der Waals surface area contributed by atoms with E-state index in [1.165, 1.54) is 12.8 Å². The minimum Gasteiger partial charge on any atom is -0.489 e. The van der Waals surface area contributed by atoms with E-state index in [-0.39, 0.29) is 6.04 Å². The van der Waals surface area contributed by atoms with E-state index in [0.29, 0.717) is 28.3 Å². The molecule has 3 nitrogen and oxygen atoms in total. The lowest BCUT2D eigenvalue weighted by molar-refractivity contribution is 0.137. The summed E-state index contributed by atoms with van der Waals surface area (Å²) in [4.78, 5) is 2.41. The molecule has 1 fully saturated rings. The quantitative estimate of drug-likeness (QED) is 0.904. The van der Waals surface area contributed by atoms with E-state index in [2.05, 4.69) is 11.8 Å². The Morgan fingerprint density at radius 1 is 1.40 bits per heavy atom. The molecule has 0 spiro atoms. The molecule has 0 bridgehead atoms. The number of nitrogens with two attached hydrogens (primary N) is 1. The zero-order valence-electron chi connectivity index (χ0n) is 11.8. The van der Waals surface area contributed by atoms with Crippen molar-refractivity contribution in [2.45, 2.75) is 25.8 Å². The highest BCUT2D eigenvalue weighted by Crippen LogP contribution is 2.32. The smallest absolute Gasteiger partial charge is 0.156 e. The number of ether oxygens (including phenoxy) is 1. The van der Waals surface area contributed by atoms with Crippen LogP contribution in [0.3, 0.4) is 0 Å². The molecular weight excluding hydrogens is 295 g/mol. The van der Waals surface area contributed by atoms with Crippen molar-refractivity contribution in [3.63, 3.8) is 0 Å². The third-order valence-corrected chi connectivity index (χ3v) is 4.45. The second-order valence-corrected chi connectivity index (χ2v) is 6.28. The predicted octanol–water partition coefficient (Wildman–Crippen LogP) is 3.43. The van der Waals surface area contributed by atoms with Crippen LogP contribution in [0.15, 0.2) is 18.2 Å². The minimum absolute atomic E-state index is 0.261. The Labute approximate surface area is 131 Å². The van der Waals surface area contributed by atoms with Crippen molar-refractivity contribution in [1.82, 2.24) is 4.90 Å². The van der Waals surface area contributed by atoms with Crippen LogP contribution >= 0.6 is 23.2 Å². The first-order valence-corrected chi connectivity index (χ1v) is 7.88. The van der Waals surface area contributed by atoms with Gasteiger partial charge in [0.2, 0.25) is 0 Å². The average Bonchev–Trinajstić information content (AvgIpc) is 2.42. The highest BCUT2D eigenvalue weighted by Gasteiger charge is 2.22. The Morgan fingerprint density at radius 2 is 2.10 bits per heavy atom. The van der Waals surface area contributed by atoms with Gasteiger partial charge in [-0.1, -0.05) is 29.3 Å². The SMILES string of the molecule is CC(N)C1CCCN(CCOc2c(Cl)cccc2Cl)C1. The molecule has 0 aliphatic carbocycles. The number of likely N-dealkylation sites (tertiary alicyclic amines) is 1. The Kier molecular flexibility index (Phi) is 5.97. The van der Waals surface area contributed by atoms with Crippen molar-refractivity contribution >= 4 is 23.2 Å². The first kappa shape index (κ1) is 15.9. The number of halogens is 2. The van der Waals surface area contributed by atoms with Crippen LogP contribution in [-0.2, 0) is 0 Å². The molecule has 1 heterocycles. The Balaban J connectivity index is 1.81. The van der Waals surface area contributed by atoms with Gasteiger partial charge in [-0.15, -0.1) is 0 Å². The van der Waals surface area contributed by atoms with Crippen molar-refractivity contribution < 1.29 is 4.74 Å². The molecule has 1 aliphatic heterocycles. The maximum absolute atomic E-state index is 6.08. The maximum atomic E-state index is 6.08. The number of rotatable bonds is 5. The van der Waals surface area contributed by atoms with Crippen LogP contribution in [0.5, 0.6) is 5.75 Å². The average molecular weight is 317 g/mol. The van der Waals surface area contributed by atoms with Gasteiger partial charge >= 0.3 is 0 Å². The molecule has 5 heteroatoms. The first-order valence-electron chi connectivity index (χ1n) is 7.12. The summed E-state index contributed by atoms with van der Waals surface area (Å²) >= 11 is 12.2. The van der Waals surface area contributed by atoms with Gasteiger partial charge in [-0.3, -0.25) is 4.90 Å². The number of piperidine rings is 1. The number of hydrogen-bond acceptors (Lipinski definition) is 3. The van der Waals surface area contributed by atoms with Gasteiger partial charge in [0.1, 0.15) is 6.61 Å². The Hall–Kier alpha value is -0.480. The van der Waals surface area contributed by atoms with E-state index in [0.717, 1.165) is 19.6 Å². The van der Waals surface area contributed by atoms with Crippen LogP contribution in [0.1, 0.15) is 19.8 Å². The zero-order chi connectivity index (χ0) is 14.5. The van der Waals surface area contributed by atoms with Gasteiger partial charge in [0.05, 0.1) is 10.0 Å². The summed E-state index contributed by atoms with van der Waals surface area (Å²) in [7, 11) is 0. The van der Waals surface area contributed by atoms with Gasteiger partial charge in [0.15, 0.2) is 5.75 Å². The van der Waals surface area contributed by atoms with Crippen LogP contribution in [0, 0.1) is 5.92 Å². The third kappa shape index (κ3) is 4.26. The molecular formula is C15H22Cl2N2O. The highest BCUT2D eigenvalue weighted by atomic mass is 35.5. The standard InChI is InChI=1S/C15H22Cl2N2O/c1-11(18)12-4-3-7-19(10-12)8-9-20-15-13(16)5-2-6-14(15)17/h2,5-6,11-12H,3-4,7-10,18H2,1H3. The molecule has 0 radical (unpaired) electrons. The molecule has 20 heavy (non-hydrogen) atoms. The van der Waals surface area contributed by atoms with Crippen molar-refractivity contribution in [2.75, 3.05) is 26.2 Å². The Morgan fingerprint density at radius 3 is 2.75 bits per heavy atom. The zero-order valence-corrected chi connectivity index (χ0v) is 13.3. The summed E-state index contributed by atoms with van der Waals surface area (Å²) in [5.41, 5.74) is 6.00. The third-order valence-electron chi connectivity index (χ3n) is 3.86. The molecule has 1 aromatic carbocycles. The molecule has 0 amide bonds. The maximum Gasteiger partial charge on any atom is 0.156 e. The van der Waals surface area contributed by atoms with Gasteiger partial charge < -0.3 is 10.5 Å². The molecule has 1 aromatic rings. The summed E-state index contributed by atoms with van der Waals surface area (Å²) in [6, 6.07) is 5.65. The second-order valence-electron chi connectivity index (χ2n) is 5.46. The summed E-state index contributed by atoms with van der Waals surface area (Å²) in [5.74, 6) is 1.17. The van der Waals surface area contributed by atoms with Crippen LogP contribution in [-0.4, -0.2) is 37.2 Å². The largest absolute Gasteiger partial charge is 0.489 e. The van der Waals surface area contributed by atoms with E-state index < -0.39 is 0 Å². The lowest BCUT2D eigenvalue weighted by Gasteiger charge is -2.34. The van der Waals surface area contributed by atoms with Crippen molar-refractivity contribution in [1.29, 1.82) is 0 Å². The van der Waals surface area contributed by atoms with Crippen LogP contribution in [0.25, 0.3) is 0 Å². The van der Waals surface area contributed by atoms with E-state index in [1.54, 1.807) is 12.1 Å². The van der Waals surface area contributed by atoms with Crippen molar-refractivity contribution in [3.8, 4) is 5.75 Å². The van der Waals surface area contributed by atoms with Gasteiger partial charge in [-0.2, -0.15) is 0 Å². The van der Waals surface area contributed by atoms with Crippen molar-refractivity contribution in [2.24, 2.45) is 11.7 Å². The van der Waals surface area contributed by atoms with E-state index in [1.807, 2.05) is 6.07 Å². The van der Waals surface area contributed by atoms with Gasteiger partial charge in [0.25, 0.3) is 0 Å². The molecule has 0 saturated carbocycles. The molecule has 1 saturated heterocycles. The van der Waals surface area contributed by atoms with Crippen molar-refractivity contribution in [3.05, 3.63) is 28.2 Å². The van der Waals surface area contributed by atoms with Gasteiger partial charge in [-0.05, 0) is 44.4 Å². The molecule has 2 N–H and O–H groups in total. The molecule has 2 atom stereocenters. The summed E-state index contributed by atoms with van der Waals surface area (Å²) in [6.45, 7) is 5.73. The molecule has 1 aliphatic rings. The summed E-state index contributed by atoms with van der Waals surface area (Å²) < 4.78 is 5.73. The molecule has 0 aromatic heterocycles. The fraction of sp³-hybridized carbons (Fsp3) is 0.600. The second kappa shape index (κ2) is 7.51. The molecule has 112 valence electrons. The van der Waals surface area contributed by atoms with Crippen LogP contribution < -0.4 is 10.5 Å². The van der Waals surface area contributed by atoms with E-state index >= 15 is 0 Å². The Bertz CT molecular complexity index is 420. The lowest BCUT2D eigenvalue weighted by Crippen LogP contribution is -2.43. The van der Waals surface area contributed by atoms with Crippen LogP contribution in [0.4, 0.5) is 0 Å². The van der Waals surface area contributed by atoms with E-state index in [4.69, 9.17) is 33.7 Å². The van der Waals surface area contributed by atoms with Gasteiger partial charge in [0, 0.05) is 19.1 Å².